The summed E-state index contributed by atoms with van der Waals surface area (Å²) >= 11 is 0. The quantitative estimate of drug-likeness (QED) is 0.860. The number of benzene rings is 1. The van der Waals surface area contributed by atoms with Crippen molar-refractivity contribution in [3.63, 3.8) is 0 Å². The number of aryl methyl sites for hydroxylation is 2. The molecule has 1 aliphatic rings. The standard InChI is InChI=1S/C19H22N2O4/c1-13-11-14(2)17(16(12-13)24-3)19(23)21-8-6-20(7-9-21)18(22)15-5-4-10-25-15/h4-5,10-12H,6-9H2,1-3H3. The first-order valence-corrected chi connectivity index (χ1v) is 8.28. The van der Waals surface area contributed by atoms with Crippen molar-refractivity contribution >= 4 is 11.8 Å². The van der Waals surface area contributed by atoms with Gasteiger partial charge in [-0.25, -0.2) is 0 Å². The smallest absolute Gasteiger partial charge is 0.289 e. The second-order valence-electron chi connectivity index (χ2n) is 6.22. The summed E-state index contributed by atoms with van der Waals surface area (Å²) in [6, 6.07) is 7.20. The zero-order valence-electron chi connectivity index (χ0n) is 14.7. The van der Waals surface area contributed by atoms with Gasteiger partial charge in [-0.3, -0.25) is 9.59 Å². The van der Waals surface area contributed by atoms with Gasteiger partial charge >= 0.3 is 0 Å². The molecule has 0 atom stereocenters. The van der Waals surface area contributed by atoms with Crippen LogP contribution < -0.4 is 4.74 Å². The molecule has 25 heavy (non-hydrogen) atoms. The van der Waals surface area contributed by atoms with Crippen LogP contribution in [0.1, 0.15) is 32.0 Å². The predicted octanol–water partition coefficient (Wildman–Crippen LogP) is 2.50. The first-order valence-electron chi connectivity index (χ1n) is 8.28. The summed E-state index contributed by atoms with van der Waals surface area (Å²) < 4.78 is 10.6. The number of amides is 2. The molecule has 0 unspecified atom stereocenters. The van der Waals surface area contributed by atoms with E-state index >= 15 is 0 Å². The highest BCUT2D eigenvalue weighted by Gasteiger charge is 2.28. The number of nitrogens with zero attached hydrogens (tertiary/aromatic N) is 2. The first-order chi connectivity index (χ1) is 12.0. The van der Waals surface area contributed by atoms with Crippen molar-refractivity contribution in [2.24, 2.45) is 0 Å². The minimum atomic E-state index is -0.138. The highest BCUT2D eigenvalue weighted by atomic mass is 16.5. The molecule has 0 N–H and O–H groups in total. The lowest BCUT2D eigenvalue weighted by molar-refractivity contribution is 0.0516. The van der Waals surface area contributed by atoms with Crippen molar-refractivity contribution in [2.45, 2.75) is 13.8 Å². The van der Waals surface area contributed by atoms with Crippen LogP contribution in [-0.2, 0) is 0 Å². The van der Waals surface area contributed by atoms with Gasteiger partial charge < -0.3 is 19.0 Å². The molecule has 0 saturated carbocycles. The molecule has 6 heteroatoms. The highest BCUT2D eigenvalue weighted by Crippen LogP contribution is 2.26. The molecule has 1 aromatic carbocycles. The summed E-state index contributed by atoms with van der Waals surface area (Å²) in [4.78, 5) is 28.7. The van der Waals surface area contributed by atoms with E-state index in [0.29, 0.717) is 43.3 Å². The SMILES string of the molecule is COc1cc(C)cc(C)c1C(=O)N1CCN(C(=O)c2ccco2)CC1. The maximum Gasteiger partial charge on any atom is 0.289 e. The summed E-state index contributed by atoms with van der Waals surface area (Å²) in [6.07, 6.45) is 1.49. The lowest BCUT2D eigenvalue weighted by Crippen LogP contribution is -2.50. The van der Waals surface area contributed by atoms with Crippen molar-refractivity contribution in [2.75, 3.05) is 33.3 Å². The van der Waals surface area contributed by atoms with Crippen LogP contribution in [0, 0.1) is 13.8 Å². The third kappa shape index (κ3) is 3.38. The maximum absolute atomic E-state index is 12.9. The van der Waals surface area contributed by atoms with Gasteiger partial charge in [0, 0.05) is 26.2 Å². The fourth-order valence-corrected chi connectivity index (χ4v) is 3.19. The Hall–Kier alpha value is -2.76. The second-order valence-corrected chi connectivity index (χ2v) is 6.22. The van der Waals surface area contributed by atoms with Crippen molar-refractivity contribution in [3.05, 3.63) is 53.0 Å². The number of hydrogen-bond acceptors (Lipinski definition) is 4. The van der Waals surface area contributed by atoms with Crippen LogP contribution in [-0.4, -0.2) is 54.9 Å². The van der Waals surface area contributed by atoms with E-state index in [0.717, 1.165) is 11.1 Å². The molecule has 6 nitrogen and oxygen atoms in total. The van der Waals surface area contributed by atoms with E-state index < -0.39 is 0 Å². The molecule has 0 radical (unpaired) electrons. The first kappa shape index (κ1) is 17.1. The molecule has 0 spiro atoms. The Balaban J connectivity index is 1.71. The predicted molar refractivity (Wildman–Crippen MR) is 93.0 cm³/mol. The minimum absolute atomic E-state index is 0.0561. The third-order valence-corrected chi connectivity index (χ3v) is 4.46. The van der Waals surface area contributed by atoms with Crippen LogP contribution in [0.2, 0.25) is 0 Å². The van der Waals surface area contributed by atoms with Gasteiger partial charge in [0.2, 0.25) is 0 Å². The number of ether oxygens (including phenoxy) is 1. The van der Waals surface area contributed by atoms with Gasteiger partial charge in [-0.1, -0.05) is 6.07 Å². The summed E-state index contributed by atoms with van der Waals surface area (Å²) in [5.41, 5.74) is 2.55. The molecule has 0 bridgehead atoms. The average Bonchev–Trinajstić information content (AvgIpc) is 3.14. The van der Waals surface area contributed by atoms with Crippen molar-refractivity contribution in [1.29, 1.82) is 0 Å². The second kappa shape index (κ2) is 7.01. The maximum atomic E-state index is 12.9. The molecule has 1 aliphatic heterocycles. The number of methoxy groups -OCH3 is 1. The summed E-state index contributed by atoms with van der Waals surface area (Å²) in [5.74, 6) is 0.730. The van der Waals surface area contributed by atoms with Crippen molar-refractivity contribution < 1.29 is 18.7 Å². The van der Waals surface area contributed by atoms with E-state index in [2.05, 4.69) is 0 Å². The molecule has 2 amide bonds. The number of piperazine rings is 1. The zero-order valence-corrected chi connectivity index (χ0v) is 14.7. The van der Waals surface area contributed by atoms with Gasteiger partial charge in [-0.15, -0.1) is 0 Å². The average molecular weight is 342 g/mol. The van der Waals surface area contributed by atoms with Crippen LogP contribution in [0.4, 0.5) is 0 Å². The summed E-state index contributed by atoms with van der Waals surface area (Å²) in [7, 11) is 1.57. The molecule has 1 aromatic heterocycles. The Bertz CT molecular complexity index is 775. The highest BCUT2D eigenvalue weighted by molar-refractivity contribution is 5.99. The Kier molecular flexibility index (Phi) is 4.79. The lowest BCUT2D eigenvalue weighted by atomic mass is 10.0. The van der Waals surface area contributed by atoms with Crippen LogP contribution >= 0.6 is 0 Å². The van der Waals surface area contributed by atoms with E-state index in [4.69, 9.17) is 9.15 Å². The van der Waals surface area contributed by atoms with Gasteiger partial charge in [-0.05, 0) is 43.2 Å². The molecule has 1 fully saturated rings. The third-order valence-electron chi connectivity index (χ3n) is 4.46. The van der Waals surface area contributed by atoms with E-state index in [1.165, 1.54) is 6.26 Å². The number of rotatable bonds is 3. The van der Waals surface area contributed by atoms with E-state index in [1.54, 1.807) is 29.0 Å². The van der Waals surface area contributed by atoms with E-state index in [1.807, 2.05) is 26.0 Å². The molecule has 0 aliphatic carbocycles. The Labute approximate surface area is 147 Å². The monoisotopic (exact) mass is 342 g/mol. The van der Waals surface area contributed by atoms with Gasteiger partial charge in [0.05, 0.1) is 18.9 Å². The number of carbonyl (C=O) groups excluding carboxylic acids is 2. The lowest BCUT2D eigenvalue weighted by Gasteiger charge is -2.34. The Morgan fingerprint density at radius 3 is 2.24 bits per heavy atom. The normalized spacial score (nSPS) is 14.5. The Morgan fingerprint density at radius 1 is 1.04 bits per heavy atom. The van der Waals surface area contributed by atoms with Gasteiger partial charge in [0.25, 0.3) is 11.8 Å². The largest absolute Gasteiger partial charge is 0.496 e. The molecule has 3 rings (SSSR count). The molecular formula is C19H22N2O4. The van der Waals surface area contributed by atoms with Gasteiger partial charge in [-0.2, -0.15) is 0 Å². The van der Waals surface area contributed by atoms with Crippen LogP contribution in [0.15, 0.2) is 34.9 Å². The van der Waals surface area contributed by atoms with Crippen molar-refractivity contribution in [1.82, 2.24) is 9.80 Å². The zero-order chi connectivity index (χ0) is 18.0. The summed E-state index contributed by atoms with van der Waals surface area (Å²) in [6.45, 7) is 5.84. The molecule has 132 valence electrons. The number of hydrogen-bond donors (Lipinski definition) is 0. The van der Waals surface area contributed by atoms with E-state index in [9.17, 15) is 9.59 Å². The minimum Gasteiger partial charge on any atom is -0.496 e. The van der Waals surface area contributed by atoms with Crippen LogP contribution in [0.5, 0.6) is 5.75 Å². The molecular weight excluding hydrogens is 320 g/mol. The van der Waals surface area contributed by atoms with Gasteiger partial charge in [0.1, 0.15) is 5.75 Å². The van der Waals surface area contributed by atoms with E-state index in [-0.39, 0.29) is 11.8 Å². The number of furan rings is 1. The fourth-order valence-electron chi connectivity index (χ4n) is 3.19. The number of carbonyl (C=O) groups is 2. The fraction of sp³-hybridized carbons (Fsp3) is 0.368. The molecule has 2 aromatic rings. The molecule has 1 saturated heterocycles. The topological polar surface area (TPSA) is 63.0 Å². The summed E-state index contributed by atoms with van der Waals surface area (Å²) in [5, 5.41) is 0. The van der Waals surface area contributed by atoms with Crippen LogP contribution in [0.25, 0.3) is 0 Å². The van der Waals surface area contributed by atoms with Crippen molar-refractivity contribution in [3.8, 4) is 5.75 Å². The molecule has 2 heterocycles. The Morgan fingerprint density at radius 2 is 1.68 bits per heavy atom. The van der Waals surface area contributed by atoms with Gasteiger partial charge in [0.15, 0.2) is 5.76 Å². The van der Waals surface area contributed by atoms with Crippen LogP contribution in [0.3, 0.4) is 0 Å².